The van der Waals surface area contributed by atoms with Gasteiger partial charge >= 0.3 is 0 Å². The fourth-order valence-electron chi connectivity index (χ4n) is 1.47. The van der Waals surface area contributed by atoms with Gasteiger partial charge in [0.25, 0.3) is 0 Å². The van der Waals surface area contributed by atoms with E-state index in [0.29, 0.717) is 0 Å². The number of benzene rings is 1. The summed E-state index contributed by atoms with van der Waals surface area (Å²) >= 11 is 5.82. The number of primary sulfonamides is 1. The van der Waals surface area contributed by atoms with E-state index in [-0.39, 0.29) is 21.2 Å². The van der Waals surface area contributed by atoms with Gasteiger partial charge in [0.2, 0.25) is 20.0 Å². The fraction of sp³-hybridized carbons (Fsp3) is 0.333. The molecule has 8 nitrogen and oxygen atoms in total. The van der Waals surface area contributed by atoms with Crippen molar-refractivity contribution >= 4 is 47.2 Å². The highest BCUT2D eigenvalue weighted by atomic mass is 35.5. The second-order valence-electron chi connectivity index (χ2n) is 4.40. The van der Waals surface area contributed by atoms with Crippen molar-refractivity contribution in [3.8, 4) is 0 Å². The van der Waals surface area contributed by atoms with Crippen LogP contribution in [0.3, 0.4) is 0 Å². The van der Waals surface area contributed by atoms with Gasteiger partial charge in [0.15, 0.2) is 14.9 Å². The van der Waals surface area contributed by atoms with Crippen LogP contribution in [-0.4, -0.2) is 36.6 Å². The van der Waals surface area contributed by atoms with Gasteiger partial charge in [-0.15, -0.1) is 0 Å². The summed E-state index contributed by atoms with van der Waals surface area (Å²) < 4.78 is 70.0. The first-order valence-corrected chi connectivity index (χ1v) is 10.9. The van der Waals surface area contributed by atoms with Crippen LogP contribution in [0.15, 0.2) is 17.0 Å². The van der Waals surface area contributed by atoms with E-state index in [4.69, 9.17) is 16.7 Å². The predicted octanol–water partition coefficient (Wildman–Crippen LogP) is 0.0396. The number of sulfone groups is 1. The van der Waals surface area contributed by atoms with Crippen LogP contribution in [0.2, 0.25) is 5.02 Å². The molecule has 0 aliphatic heterocycles. The van der Waals surface area contributed by atoms with E-state index < -0.39 is 35.0 Å². The quantitative estimate of drug-likeness (QED) is 0.743. The third kappa shape index (κ3) is 5.43. The molecule has 3 N–H and O–H groups in total. The van der Waals surface area contributed by atoms with E-state index in [1.54, 1.807) is 0 Å². The minimum absolute atomic E-state index is 0.104. The summed E-state index contributed by atoms with van der Waals surface area (Å²) in [5, 5.41) is 3.62. The smallest absolute Gasteiger partial charge is 0.247 e. The zero-order valence-corrected chi connectivity index (χ0v) is 14.2. The van der Waals surface area contributed by atoms with Crippen molar-refractivity contribution in [1.29, 1.82) is 0 Å². The van der Waals surface area contributed by atoms with E-state index in [9.17, 15) is 25.3 Å². The molecule has 1 aromatic rings. The third-order valence-electron chi connectivity index (χ3n) is 2.22. The summed E-state index contributed by atoms with van der Waals surface area (Å²) in [7, 11) is -12.0. The standard InChI is InChI=1S/C9H13ClN2O6S3/c1-6-3-7(21(11,17)18)4-8(10)9(6)12-20(15,16)5-19(2,13)14/h3-4,12H,5H2,1-2H3,(H2,11,17,18). The lowest BCUT2D eigenvalue weighted by molar-refractivity contribution is 0.593. The molecule has 0 fully saturated rings. The molecule has 0 amide bonds. The zero-order valence-electron chi connectivity index (χ0n) is 11.0. The lowest BCUT2D eigenvalue weighted by Crippen LogP contribution is -2.23. The van der Waals surface area contributed by atoms with Crippen LogP contribution in [0, 0.1) is 6.92 Å². The van der Waals surface area contributed by atoms with Crippen molar-refractivity contribution in [3.05, 3.63) is 22.7 Å². The van der Waals surface area contributed by atoms with Crippen LogP contribution in [0.4, 0.5) is 5.69 Å². The number of nitrogens with one attached hydrogen (secondary N) is 1. The summed E-state index contributed by atoms with van der Waals surface area (Å²) in [6, 6.07) is 2.10. The topological polar surface area (TPSA) is 140 Å². The first kappa shape index (κ1) is 18.2. The molecule has 0 aromatic heterocycles. The fourth-order valence-corrected chi connectivity index (χ4v) is 5.60. The van der Waals surface area contributed by atoms with Gasteiger partial charge in [0, 0.05) is 6.26 Å². The summed E-state index contributed by atoms with van der Waals surface area (Å²) in [5.74, 6) is 0. The van der Waals surface area contributed by atoms with Crippen molar-refractivity contribution in [3.63, 3.8) is 0 Å². The largest absolute Gasteiger partial charge is 0.281 e. The summed E-state index contributed by atoms with van der Waals surface area (Å²) in [5.41, 5.74) is 0.0799. The highest BCUT2D eigenvalue weighted by molar-refractivity contribution is 8.08. The normalized spacial score (nSPS) is 13.1. The minimum Gasteiger partial charge on any atom is -0.281 e. The molecule has 0 bridgehead atoms. The first-order valence-electron chi connectivity index (χ1n) is 5.22. The molecule has 12 heteroatoms. The van der Waals surface area contributed by atoms with Crippen LogP contribution < -0.4 is 9.86 Å². The molecule has 0 saturated heterocycles. The molecule has 0 aliphatic rings. The number of rotatable bonds is 5. The first-order chi connectivity index (χ1) is 9.21. The van der Waals surface area contributed by atoms with E-state index in [1.165, 1.54) is 6.92 Å². The van der Waals surface area contributed by atoms with Crippen LogP contribution in [0.1, 0.15) is 5.56 Å². The third-order valence-corrected chi connectivity index (χ3v) is 6.88. The van der Waals surface area contributed by atoms with Gasteiger partial charge in [-0.3, -0.25) is 4.72 Å². The zero-order chi connectivity index (χ0) is 16.6. The van der Waals surface area contributed by atoms with Crippen molar-refractivity contribution in [2.75, 3.05) is 16.1 Å². The van der Waals surface area contributed by atoms with Crippen LogP contribution in [0.25, 0.3) is 0 Å². The van der Waals surface area contributed by atoms with Crippen molar-refractivity contribution < 1.29 is 25.3 Å². The molecule has 0 saturated carbocycles. The number of hydrogen-bond acceptors (Lipinski definition) is 6. The second kappa shape index (κ2) is 5.72. The van der Waals surface area contributed by atoms with Gasteiger partial charge < -0.3 is 0 Å². The maximum Gasteiger partial charge on any atom is 0.247 e. The molecule has 120 valence electrons. The molecular formula is C9H13ClN2O6S3. The van der Waals surface area contributed by atoms with Gasteiger partial charge in [-0.25, -0.2) is 30.4 Å². The van der Waals surface area contributed by atoms with Crippen LogP contribution >= 0.6 is 11.6 Å². The van der Waals surface area contributed by atoms with Gasteiger partial charge in [-0.05, 0) is 24.6 Å². The SMILES string of the molecule is Cc1cc(S(N)(=O)=O)cc(Cl)c1NS(=O)(=O)CS(C)(=O)=O. The summed E-state index contributed by atoms with van der Waals surface area (Å²) in [6.45, 7) is 1.40. The number of halogens is 1. The summed E-state index contributed by atoms with van der Waals surface area (Å²) in [4.78, 5) is -0.281. The Bertz CT molecular complexity index is 851. The van der Waals surface area contributed by atoms with E-state index in [2.05, 4.69) is 0 Å². The Morgan fingerprint density at radius 2 is 1.67 bits per heavy atom. The van der Waals surface area contributed by atoms with Gasteiger partial charge in [-0.1, -0.05) is 11.6 Å². The van der Waals surface area contributed by atoms with Crippen molar-refractivity contribution in [2.45, 2.75) is 11.8 Å². The predicted molar refractivity (Wildman–Crippen MR) is 79.8 cm³/mol. The molecule has 21 heavy (non-hydrogen) atoms. The molecule has 0 heterocycles. The average molecular weight is 377 g/mol. The number of hydrogen-bond donors (Lipinski definition) is 2. The number of nitrogens with two attached hydrogens (primary N) is 1. The Balaban J connectivity index is 3.29. The number of anilines is 1. The Kier molecular flexibility index (Phi) is 4.95. The monoisotopic (exact) mass is 376 g/mol. The maximum atomic E-state index is 11.7. The second-order valence-corrected chi connectivity index (χ2v) is 10.6. The molecule has 0 unspecified atom stereocenters. The lowest BCUT2D eigenvalue weighted by Gasteiger charge is -2.13. The summed E-state index contributed by atoms with van der Waals surface area (Å²) in [6.07, 6.45) is 0.769. The molecule has 0 atom stereocenters. The minimum atomic E-state index is -4.19. The Hall–Kier alpha value is -0.880. The van der Waals surface area contributed by atoms with Gasteiger partial charge in [0.1, 0.15) is 0 Å². The Morgan fingerprint density at radius 1 is 1.14 bits per heavy atom. The number of aryl methyl sites for hydroxylation is 1. The average Bonchev–Trinajstić information content (AvgIpc) is 2.18. The molecule has 0 radical (unpaired) electrons. The highest BCUT2D eigenvalue weighted by Gasteiger charge is 2.21. The van der Waals surface area contributed by atoms with Crippen molar-refractivity contribution in [2.24, 2.45) is 5.14 Å². The van der Waals surface area contributed by atoms with Gasteiger partial charge in [0.05, 0.1) is 15.6 Å². The van der Waals surface area contributed by atoms with Crippen LogP contribution in [0.5, 0.6) is 0 Å². The van der Waals surface area contributed by atoms with E-state index in [1.807, 2.05) is 4.72 Å². The number of sulfonamides is 2. The maximum absolute atomic E-state index is 11.7. The lowest BCUT2D eigenvalue weighted by atomic mass is 10.2. The molecule has 1 rings (SSSR count). The molecular weight excluding hydrogens is 364 g/mol. The van der Waals surface area contributed by atoms with Crippen molar-refractivity contribution in [1.82, 2.24) is 0 Å². The molecule has 0 aliphatic carbocycles. The Morgan fingerprint density at radius 3 is 2.05 bits per heavy atom. The van der Waals surface area contributed by atoms with Gasteiger partial charge in [-0.2, -0.15) is 0 Å². The Labute approximate surface area is 128 Å². The van der Waals surface area contributed by atoms with Crippen LogP contribution in [-0.2, 0) is 29.9 Å². The molecule has 0 spiro atoms. The van der Waals surface area contributed by atoms with E-state index in [0.717, 1.165) is 18.4 Å². The van der Waals surface area contributed by atoms with E-state index >= 15 is 0 Å². The highest BCUT2D eigenvalue weighted by Crippen LogP contribution is 2.30. The molecule has 1 aromatic carbocycles.